The average molecular weight is 385 g/mol. The lowest BCUT2D eigenvalue weighted by Crippen LogP contribution is -2.25. The molecule has 0 aliphatic carbocycles. The minimum atomic E-state index is -3.83. The molecule has 8 heteroatoms. The van der Waals surface area contributed by atoms with Crippen LogP contribution in [-0.2, 0) is 16.6 Å². The van der Waals surface area contributed by atoms with Crippen LogP contribution in [-0.4, -0.2) is 26.5 Å². The fourth-order valence-corrected chi connectivity index (χ4v) is 3.73. The summed E-state index contributed by atoms with van der Waals surface area (Å²) in [6.45, 7) is 2.56. The Morgan fingerprint density at radius 2 is 1.89 bits per heavy atom. The Bertz CT molecular complexity index is 945. The highest BCUT2D eigenvalue weighted by atomic mass is 32.2. The molecule has 1 aliphatic rings. The second-order valence-corrected chi connectivity index (χ2v) is 8.20. The fourth-order valence-electron chi connectivity index (χ4n) is 3.19. The Hall–Kier alpha value is -2.63. The van der Waals surface area contributed by atoms with E-state index in [-0.39, 0.29) is 10.5 Å². The number of nitriles is 1. The Morgan fingerprint density at radius 3 is 2.56 bits per heavy atom. The Kier molecular flexibility index (Phi) is 5.94. The molecule has 1 aromatic heterocycles. The molecule has 1 aliphatic heterocycles. The fraction of sp³-hybridized carbons (Fsp3) is 0.368. The van der Waals surface area contributed by atoms with E-state index in [1.807, 2.05) is 12.1 Å². The van der Waals surface area contributed by atoms with Crippen LogP contribution in [0.5, 0.6) is 0 Å². The highest BCUT2D eigenvalue weighted by Gasteiger charge is 2.13. The molecule has 27 heavy (non-hydrogen) atoms. The lowest BCUT2D eigenvalue weighted by Gasteiger charge is -2.22. The zero-order valence-electron chi connectivity index (χ0n) is 15.1. The maximum atomic E-state index is 11.4. The number of aromatic nitrogens is 1. The number of nitrogens with zero attached hydrogens (tertiary/aromatic N) is 3. The van der Waals surface area contributed by atoms with Gasteiger partial charge in [0, 0.05) is 25.8 Å². The number of nitrogens with one attached hydrogen (secondary N) is 1. The molecule has 2 aromatic rings. The third-order valence-electron chi connectivity index (χ3n) is 4.66. The molecule has 3 rings (SSSR count). The maximum Gasteiger partial charge on any atom is 0.238 e. The van der Waals surface area contributed by atoms with Gasteiger partial charge in [0.1, 0.15) is 11.9 Å². The Morgan fingerprint density at radius 1 is 1.15 bits per heavy atom. The zero-order chi connectivity index (χ0) is 19.3. The van der Waals surface area contributed by atoms with E-state index in [1.54, 1.807) is 12.3 Å². The van der Waals surface area contributed by atoms with Crippen LogP contribution in [0, 0.1) is 11.3 Å². The van der Waals surface area contributed by atoms with Crippen LogP contribution < -0.4 is 15.4 Å². The molecule has 1 fully saturated rings. The molecular weight excluding hydrogens is 362 g/mol. The molecule has 0 spiro atoms. The van der Waals surface area contributed by atoms with E-state index in [4.69, 9.17) is 5.14 Å². The average Bonchev–Trinajstić information content (AvgIpc) is 2.95. The topological polar surface area (TPSA) is 112 Å². The standard InChI is InChI=1S/C19H23N5O2S/c20-13-16-12-17(27(21,25)26)5-6-18(16)23-14-15-7-8-22-19(11-15)24-9-3-1-2-4-10-24/h5-8,11-12,23H,1-4,9-10,14H2,(H2,21,25,26). The predicted octanol–water partition coefficient (Wildman–Crippen LogP) is 2.59. The Labute approximate surface area is 159 Å². The summed E-state index contributed by atoms with van der Waals surface area (Å²) in [5.41, 5.74) is 1.85. The second kappa shape index (κ2) is 8.37. The van der Waals surface area contributed by atoms with Gasteiger partial charge in [0.05, 0.1) is 16.1 Å². The number of nitrogens with two attached hydrogens (primary N) is 1. The van der Waals surface area contributed by atoms with E-state index in [0.717, 1.165) is 24.5 Å². The van der Waals surface area contributed by atoms with Crippen molar-refractivity contribution in [3.05, 3.63) is 47.7 Å². The monoisotopic (exact) mass is 385 g/mol. The van der Waals surface area contributed by atoms with Crippen LogP contribution in [0.25, 0.3) is 0 Å². The minimum Gasteiger partial charge on any atom is -0.380 e. The molecule has 7 nitrogen and oxygen atoms in total. The summed E-state index contributed by atoms with van der Waals surface area (Å²) in [4.78, 5) is 6.74. The molecular formula is C19H23N5O2S. The quantitative estimate of drug-likeness (QED) is 0.818. The molecule has 0 saturated carbocycles. The number of pyridine rings is 1. The lowest BCUT2D eigenvalue weighted by atomic mass is 10.2. The van der Waals surface area contributed by atoms with Crippen LogP contribution >= 0.6 is 0 Å². The third kappa shape index (κ3) is 4.96. The summed E-state index contributed by atoms with van der Waals surface area (Å²) in [6.07, 6.45) is 6.71. The summed E-state index contributed by atoms with van der Waals surface area (Å²) in [6, 6.07) is 10.2. The van der Waals surface area contributed by atoms with Gasteiger partial charge in [-0.05, 0) is 48.7 Å². The molecule has 0 unspecified atom stereocenters. The van der Waals surface area contributed by atoms with Crippen molar-refractivity contribution in [1.29, 1.82) is 5.26 Å². The molecule has 2 heterocycles. The Balaban J connectivity index is 1.73. The van der Waals surface area contributed by atoms with Gasteiger partial charge < -0.3 is 10.2 Å². The summed E-state index contributed by atoms with van der Waals surface area (Å²) in [5, 5.41) is 17.6. The largest absolute Gasteiger partial charge is 0.380 e. The van der Waals surface area contributed by atoms with Gasteiger partial charge in [-0.2, -0.15) is 5.26 Å². The summed E-state index contributed by atoms with van der Waals surface area (Å²) in [5.74, 6) is 0.973. The molecule has 0 radical (unpaired) electrons. The van der Waals surface area contributed by atoms with E-state index in [1.165, 1.54) is 37.8 Å². The number of primary sulfonamides is 1. The molecule has 0 amide bonds. The lowest BCUT2D eigenvalue weighted by molar-refractivity contribution is 0.598. The highest BCUT2D eigenvalue weighted by molar-refractivity contribution is 7.89. The number of hydrogen-bond acceptors (Lipinski definition) is 6. The number of anilines is 2. The number of benzene rings is 1. The number of hydrogen-bond donors (Lipinski definition) is 2. The van der Waals surface area contributed by atoms with Crippen molar-refractivity contribution in [3.63, 3.8) is 0 Å². The van der Waals surface area contributed by atoms with Gasteiger partial charge in [0.25, 0.3) is 0 Å². The first-order valence-electron chi connectivity index (χ1n) is 8.98. The first-order chi connectivity index (χ1) is 13.0. The summed E-state index contributed by atoms with van der Waals surface area (Å²) >= 11 is 0. The van der Waals surface area contributed by atoms with Gasteiger partial charge in [0.2, 0.25) is 10.0 Å². The van der Waals surface area contributed by atoms with E-state index in [2.05, 4.69) is 21.3 Å². The van der Waals surface area contributed by atoms with Crippen molar-refractivity contribution in [3.8, 4) is 6.07 Å². The first kappa shape index (κ1) is 19.1. The molecule has 0 bridgehead atoms. The molecule has 0 atom stereocenters. The van der Waals surface area contributed by atoms with Crippen LogP contribution in [0.4, 0.5) is 11.5 Å². The van der Waals surface area contributed by atoms with Crippen LogP contribution in [0.15, 0.2) is 41.4 Å². The van der Waals surface area contributed by atoms with Crippen molar-refractivity contribution < 1.29 is 8.42 Å². The van der Waals surface area contributed by atoms with Crippen molar-refractivity contribution >= 4 is 21.5 Å². The number of rotatable bonds is 5. The SMILES string of the molecule is N#Cc1cc(S(N)(=O)=O)ccc1NCc1ccnc(N2CCCCCC2)c1. The number of sulfonamides is 1. The molecule has 142 valence electrons. The van der Waals surface area contributed by atoms with Gasteiger partial charge in [-0.3, -0.25) is 0 Å². The highest BCUT2D eigenvalue weighted by Crippen LogP contribution is 2.22. The molecule has 1 aromatic carbocycles. The third-order valence-corrected chi connectivity index (χ3v) is 5.57. The van der Waals surface area contributed by atoms with Crippen LogP contribution in [0.2, 0.25) is 0 Å². The van der Waals surface area contributed by atoms with Gasteiger partial charge in [-0.25, -0.2) is 18.5 Å². The first-order valence-corrected chi connectivity index (χ1v) is 10.5. The normalized spacial score (nSPS) is 15.0. The summed E-state index contributed by atoms with van der Waals surface area (Å²) in [7, 11) is -3.83. The van der Waals surface area contributed by atoms with Gasteiger partial charge >= 0.3 is 0 Å². The van der Waals surface area contributed by atoms with E-state index in [0.29, 0.717) is 12.2 Å². The predicted molar refractivity (Wildman–Crippen MR) is 105 cm³/mol. The van der Waals surface area contributed by atoms with E-state index in [9.17, 15) is 13.7 Å². The van der Waals surface area contributed by atoms with E-state index < -0.39 is 10.0 Å². The van der Waals surface area contributed by atoms with Crippen molar-refractivity contribution in [2.24, 2.45) is 5.14 Å². The minimum absolute atomic E-state index is 0.0723. The van der Waals surface area contributed by atoms with Gasteiger partial charge in [0.15, 0.2) is 0 Å². The smallest absolute Gasteiger partial charge is 0.238 e. The van der Waals surface area contributed by atoms with Crippen molar-refractivity contribution in [1.82, 2.24) is 4.98 Å². The zero-order valence-corrected chi connectivity index (χ0v) is 15.9. The van der Waals surface area contributed by atoms with Gasteiger partial charge in [-0.15, -0.1) is 0 Å². The van der Waals surface area contributed by atoms with Crippen molar-refractivity contribution in [2.75, 3.05) is 23.3 Å². The van der Waals surface area contributed by atoms with Crippen LogP contribution in [0.1, 0.15) is 36.8 Å². The molecule has 3 N–H and O–H groups in total. The van der Waals surface area contributed by atoms with Crippen molar-refractivity contribution in [2.45, 2.75) is 37.1 Å². The maximum absolute atomic E-state index is 11.4. The molecule has 1 saturated heterocycles. The van der Waals surface area contributed by atoms with E-state index >= 15 is 0 Å². The second-order valence-electron chi connectivity index (χ2n) is 6.64. The van der Waals surface area contributed by atoms with Gasteiger partial charge in [-0.1, -0.05) is 12.8 Å². The van der Waals surface area contributed by atoms with Crippen LogP contribution in [0.3, 0.4) is 0 Å². The summed E-state index contributed by atoms with van der Waals surface area (Å²) < 4.78 is 22.9.